The minimum Gasteiger partial charge on any atom is -0.371 e. The van der Waals surface area contributed by atoms with E-state index < -0.39 is 0 Å². The minimum absolute atomic E-state index is 0.0374. The van der Waals surface area contributed by atoms with Gasteiger partial charge in [0.2, 0.25) is 0 Å². The van der Waals surface area contributed by atoms with Crippen molar-refractivity contribution in [3.63, 3.8) is 0 Å². The first-order valence-corrected chi connectivity index (χ1v) is 10.8. The summed E-state index contributed by atoms with van der Waals surface area (Å²) in [6, 6.07) is 10.9. The van der Waals surface area contributed by atoms with Gasteiger partial charge in [-0.3, -0.25) is 4.79 Å². The molecule has 1 aromatic carbocycles. The van der Waals surface area contributed by atoms with Gasteiger partial charge in [0.25, 0.3) is 5.91 Å². The highest BCUT2D eigenvalue weighted by Gasteiger charge is 2.22. The number of H-pyrrole nitrogens is 1. The summed E-state index contributed by atoms with van der Waals surface area (Å²) in [6.07, 6.45) is 4.83. The zero-order chi connectivity index (χ0) is 19.5. The molecule has 2 N–H and O–H groups in total. The van der Waals surface area contributed by atoms with Crippen molar-refractivity contribution < 1.29 is 4.79 Å². The number of hydrogen-bond donors (Lipinski definition) is 2. The van der Waals surface area contributed by atoms with Crippen LogP contribution in [0.4, 0.5) is 5.69 Å². The molecule has 0 atom stereocenters. The molecule has 1 aliphatic heterocycles. The SMILES string of the molecule is CCc1cccc(N2CCC(NC(=O)c3cc(-c4csc(C)n4)c[nH]3)CC2)c1. The molecule has 6 heteroatoms. The molecule has 3 heterocycles. The van der Waals surface area contributed by atoms with Crippen LogP contribution in [0.3, 0.4) is 0 Å². The Morgan fingerprint density at radius 3 is 2.86 bits per heavy atom. The molecule has 4 rings (SSSR count). The molecule has 5 nitrogen and oxygen atoms in total. The van der Waals surface area contributed by atoms with Crippen molar-refractivity contribution in [3.8, 4) is 11.3 Å². The zero-order valence-electron chi connectivity index (χ0n) is 16.4. The molecule has 1 saturated heterocycles. The number of aromatic nitrogens is 2. The average Bonchev–Trinajstić information content (AvgIpc) is 3.38. The van der Waals surface area contributed by atoms with Crippen molar-refractivity contribution >= 4 is 22.9 Å². The highest BCUT2D eigenvalue weighted by molar-refractivity contribution is 7.09. The summed E-state index contributed by atoms with van der Waals surface area (Å²) in [7, 11) is 0. The lowest BCUT2D eigenvalue weighted by molar-refractivity contribution is 0.0926. The number of amides is 1. The van der Waals surface area contributed by atoms with Crippen LogP contribution >= 0.6 is 11.3 Å². The van der Waals surface area contributed by atoms with E-state index in [1.54, 1.807) is 11.3 Å². The number of aryl methyl sites for hydroxylation is 2. The maximum atomic E-state index is 12.6. The first-order chi connectivity index (χ1) is 13.6. The number of thiazole rings is 1. The van der Waals surface area contributed by atoms with Crippen molar-refractivity contribution in [1.29, 1.82) is 0 Å². The molecule has 146 valence electrons. The molecule has 1 aliphatic rings. The lowest BCUT2D eigenvalue weighted by atomic mass is 10.0. The number of hydrogen-bond acceptors (Lipinski definition) is 4. The van der Waals surface area contributed by atoms with Crippen LogP contribution in [0.15, 0.2) is 41.9 Å². The number of nitrogens with one attached hydrogen (secondary N) is 2. The van der Waals surface area contributed by atoms with E-state index in [-0.39, 0.29) is 11.9 Å². The molecule has 28 heavy (non-hydrogen) atoms. The third kappa shape index (κ3) is 4.12. The van der Waals surface area contributed by atoms with Crippen LogP contribution in [0.5, 0.6) is 0 Å². The maximum absolute atomic E-state index is 12.6. The Bertz CT molecular complexity index is 953. The molecule has 0 aliphatic carbocycles. The summed E-state index contributed by atoms with van der Waals surface area (Å²) >= 11 is 1.62. The largest absolute Gasteiger partial charge is 0.371 e. The van der Waals surface area contributed by atoms with Gasteiger partial charge in [-0.15, -0.1) is 11.3 Å². The standard InChI is InChI=1S/C22H26N4OS/c1-3-16-5-4-6-19(11-16)26-9-7-18(8-10-26)25-22(27)20-12-17(13-23-20)21-14-28-15(2)24-21/h4-6,11-14,18,23H,3,7-10H2,1-2H3,(H,25,27). The molecule has 0 unspecified atom stereocenters. The summed E-state index contributed by atoms with van der Waals surface area (Å²) < 4.78 is 0. The van der Waals surface area contributed by atoms with Gasteiger partial charge in [-0.05, 0) is 49.9 Å². The molecule has 1 fully saturated rings. The van der Waals surface area contributed by atoms with Crippen LogP contribution in [-0.4, -0.2) is 35.0 Å². The van der Waals surface area contributed by atoms with E-state index in [1.807, 2.05) is 24.6 Å². The van der Waals surface area contributed by atoms with Crippen LogP contribution in [0.1, 0.15) is 40.8 Å². The minimum atomic E-state index is -0.0374. The molecule has 0 saturated carbocycles. The van der Waals surface area contributed by atoms with E-state index >= 15 is 0 Å². The van der Waals surface area contributed by atoms with E-state index in [9.17, 15) is 4.79 Å². The number of aromatic amines is 1. The Balaban J connectivity index is 1.33. The third-order valence-corrected chi connectivity index (χ3v) is 6.13. The quantitative estimate of drug-likeness (QED) is 0.674. The molecular formula is C22H26N4OS. The van der Waals surface area contributed by atoms with Crippen molar-refractivity contribution in [2.24, 2.45) is 0 Å². The Morgan fingerprint density at radius 1 is 1.32 bits per heavy atom. The first kappa shape index (κ1) is 18.7. The molecule has 1 amide bonds. The van der Waals surface area contributed by atoms with Crippen molar-refractivity contribution in [2.75, 3.05) is 18.0 Å². The van der Waals surface area contributed by atoms with E-state index in [0.717, 1.165) is 48.6 Å². The topological polar surface area (TPSA) is 61.0 Å². The summed E-state index contributed by atoms with van der Waals surface area (Å²) in [5.41, 5.74) is 5.13. The Labute approximate surface area is 169 Å². The van der Waals surface area contributed by atoms with Crippen LogP contribution in [0.25, 0.3) is 11.3 Å². The van der Waals surface area contributed by atoms with Gasteiger partial charge in [0.15, 0.2) is 0 Å². The van der Waals surface area contributed by atoms with E-state index in [1.165, 1.54) is 11.3 Å². The second kappa shape index (κ2) is 8.19. The van der Waals surface area contributed by atoms with Gasteiger partial charge in [0.05, 0.1) is 10.7 Å². The Kier molecular flexibility index (Phi) is 5.48. The molecular weight excluding hydrogens is 368 g/mol. The molecule has 3 aromatic rings. The fourth-order valence-corrected chi connectivity index (χ4v) is 4.31. The lowest BCUT2D eigenvalue weighted by Gasteiger charge is -2.34. The van der Waals surface area contributed by atoms with Gasteiger partial charge in [-0.2, -0.15) is 0 Å². The normalized spacial score (nSPS) is 15.0. The van der Waals surface area contributed by atoms with E-state index in [0.29, 0.717) is 5.69 Å². The number of nitrogens with zero attached hydrogens (tertiary/aromatic N) is 2. The highest BCUT2D eigenvalue weighted by atomic mass is 32.1. The van der Waals surface area contributed by atoms with Gasteiger partial charge in [0.1, 0.15) is 5.69 Å². The van der Waals surface area contributed by atoms with Crippen molar-refractivity contribution in [3.05, 3.63) is 58.2 Å². The number of anilines is 1. The highest BCUT2D eigenvalue weighted by Crippen LogP contribution is 2.23. The fourth-order valence-electron chi connectivity index (χ4n) is 3.69. The third-order valence-electron chi connectivity index (χ3n) is 5.36. The van der Waals surface area contributed by atoms with Crippen LogP contribution in [-0.2, 0) is 6.42 Å². The number of piperidine rings is 1. The van der Waals surface area contributed by atoms with Crippen molar-refractivity contribution in [2.45, 2.75) is 39.2 Å². The smallest absolute Gasteiger partial charge is 0.267 e. The lowest BCUT2D eigenvalue weighted by Crippen LogP contribution is -2.44. The maximum Gasteiger partial charge on any atom is 0.267 e. The fraction of sp³-hybridized carbons (Fsp3) is 0.364. The average molecular weight is 395 g/mol. The van der Waals surface area contributed by atoms with Gasteiger partial charge >= 0.3 is 0 Å². The number of benzene rings is 1. The summed E-state index contributed by atoms with van der Waals surface area (Å²) in [4.78, 5) is 22.6. The van der Waals surface area contributed by atoms with Gasteiger partial charge in [-0.1, -0.05) is 19.1 Å². The molecule has 0 spiro atoms. The predicted molar refractivity (Wildman–Crippen MR) is 115 cm³/mol. The van der Waals surface area contributed by atoms with Gasteiger partial charge in [0, 0.05) is 42.0 Å². The van der Waals surface area contributed by atoms with E-state index in [2.05, 4.69) is 51.4 Å². The number of rotatable bonds is 5. The summed E-state index contributed by atoms with van der Waals surface area (Å²) in [5, 5.41) is 6.23. The summed E-state index contributed by atoms with van der Waals surface area (Å²) in [6.45, 7) is 6.10. The molecule has 0 radical (unpaired) electrons. The zero-order valence-corrected chi connectivity index (χ0v) is 17.2. The van der Waals surface area contributed by atoms with Gasteiger partial charge < -0.3 is 15.2 Å². The molecule has 0 bridgehead atoms. The summed E-state index contributed by atoms with van der Waals surface area (Å²) in [5.74, 6) is -0.0374. The number of carbonyl (C=O) groups excluding carboxylic acids is 1. The monoisotopic (exact) mass is 394 g/mol. The van der Waals surface area contributed by atoms with Gasteiger partial charge in [-0.25, -0.2) is 4.98 Å². The van der Waals surface area contributed by atoms with E-state index in [4.69, 9.17) is 0 Å². The Hall–Kier alpha value is -2.60. The predicted octanol–water partition coefficient (Wildman–Crippen LogP) is 4.41. The van der Waals surface area contributed by atoms with Crippen molar-refractivity contribution in [1.82, 2.24) is 15.3 Å². The van der Waals surface area contributed by atoms with Crippen LogP contribution in [0.2, 0.25) is 0 Å². The first-order valence-electron chi connectivity index (χ1n) is 9.88. The Morgan fingerprint density at radius 2 is 2.14 bits per heavy atom. The second-order valence-electron chi connectivity index (χ2n) is 7.31. The molecule has 2 aromatic heterocycles. The second-order valence-corrected chi connectivity index (χ2v) is 8.37. The van der Waals surface area contributed by atoms with Crippen LogP contribution in [0, 0.1) is 6.92 Å². The number of carbonyl (C=O) groups is 1. The van der Waals surface area contributed by atoms with Crippen LogP contribution < -0.4 is 10.2 Å².